The average Bonchev–Trinajstić information content (AvgIpc) is 2.43. The molecule has 0 aromatic heterocycles. The van der Waals surface area contributed by atoms with E-state index in [1.807, 2.05) is 30.3 Å². The molecule has 1 rings (SSSR count). The van der Waals surface area contributed by atoms with Gasteiger partial charge in [0.2, 0.25) is 5.91 Å². The van der Waals surface area contributed by atoms with Crippen LogP contribution in [0.3, 0.4) is 0 Å². The fourth-order valence-electron chi connectivity index (χ4n) is 1.40. The average molecular weight is 283 g/mol. The number of carbonyl (C=O) groups is 1. The number of hydrogen-bond donors (Lipinski definition) is 3. The first-order chi connectivity index (χ1) is 8.97. The van der Waals surface area contributed by atoms with Crippen LogP contribution >= 0.6 is 11.8 Å². The van der Waals surface area contributed by atoms with Gasteiger partial charge in [0.05, 0.1) is 6.61 Å². The number of carbonyl (C=O) groups excluding carboxylic acids is 1. The number of rotatable bonds is 7. The highest BCUT2D eigenvalue weighted by atomic mass is 32.2. The van der Waals surface area contributed by atoms with E-state index in [1.165, 1.54) is 0 Å². The number of thioether (sulfide) groups is 1. The van der Waals surface area contributed by atoms with Crippen molar-refractivity contribution in [2.45, 2.75) is 24.8 Å². The van der Waals surface area contributed by atoms with Crippen LogP contribution in [0.5, 0.6) is 0 Å². The largest absolute Gasteiger partial charge is 0.396 e. The summed E-state index contributed by atoms with van der Waals surface area (Å²) < 4.78 is 0. The molecule has 0 fully saturated rings. The molecular weight excluding hydrogens is 262 g/mol. The summed E-state index contributed by atoms with van der Waals surface area (Å²) in [7, 11) is 0. The van der Waals surface area contributed by atoms with E-state index in [-0.39, 0.29) is 6.61 Å². The van der Waals surface area contributed by atoms with Gasteiger partial charge in [-0.15, -0.1) is 11.8 Å². The van der Waals surface area contributed by atoms with E-state index >= 15 is 0 Å². The molecule has 5 heteroatoms. The van der Waals surface area contributed by atoms with Gasteiger partial charge in [-0.25, -0.2) is 0 Å². The quantitative estimate of drug-likeness (QED) is 0.521. The van der Waals surface area contributed by atoms with Crippen molar-refractivity contribution in [3.8, 4) is 0 Å². The third-order valence-corrected chi connectivity index (χ3v) is 3.82. The van der Waals surface area contributed by atoms with Gasteiger partial charge in [-0.3, -0.25) is 4.79 Å². The molecular formula is C14H21NO3S. The number of aliphatic hydroxyl groups is 2. The maximum atomic E-state index is 11.7. The van der Waals surface area contributed by atoms with Crippen LogP contribution in [-0.4, -0.2) is 41.1 Å². The molecule has 0 radical (unpaired) electrons. The molecule has 1 aromatic rings. The summed E-state index contributed by atoms with van der Waals surface area (Å²) in [5.41, 5.74) is -0.823. The summed E-state index contributed by atoms with van der Waals surface area (Å²) >= 11 is 1.64. The fraction of sp³-hybridized carbons (Fsp3) is 0.500. The Hall–Kier alpha value is -1.04. The summed E-state index contributed by atoms with van der Waals surface area (Å²) in [6, 6.07) is 9.91. The molecule has 0 aliphatic rings. The lowest BCUT2D eigenvalue weighted by molar-refractivity contribution is -0.136. The third-order valence-electron chi connectivity index (χ3n) is 2.81. The van der Waals surface area contributed by atoms with Crippen LogP contribution in [0, 0.1) is 5.41 Å². The van der Waals surface area contributed by atoms with Crippen LogP contribution in [-0.2, 0) is 4.79 Å². The Morgan fingerprint density at radius 1 is 1.37 bits per heavy atom. The van der Waals surface area contributed by atoms with Gasteiger partial charge in [0.15, 0.2) is 0 Å². The van der Waals surface area contributed by atoms with E-state index in [0.717, 1.165) is 10.6 Å². The van der Waals surface area contributed by atoms with Crippen molar-refractivity contribution >= 4 is 17.7 Å². The smallest absolute Gasteiger partial charge is 0.249 e. The Morgan fingerprint density at radius 2 is 2.00 bits per heavy atom. The van der Waals surface area contributed by atoms with Crippen LogP contribution < -0.4 is 5.32 Å². The molecule has 0 aliphatic carbocycles. The third kappa shape index (κ3) is 5.22. The first-order valence-electron chi connectivity index (χ1n) is 6.22. The topological polar surface area (TPSA) is 69.6 Å². The van der Waals surface area contributed by atoms with Crippen LogP contribution in [0.15, 0.2) is 35.2 Å². The molecule has 1 aromatic carbocycles. The van der Waals surface area contributed by atoms with Crippen molar-refractivity contribution in [3.63, 3.8) is 0 Å². The molecule has 106 valence electrons. The van der Waals surface area contributed by atoms with Crippen molar-refractivity contribution in [3.05, 3.63) is 30.3 Å². The minimum atomic E-state index is -1.20. The minimum absolute atomic E-state index is 0.236. The highest BCUT2D eigenvalue weighted by molar-refractivity contribution is 7.99. The molecule has 0 saturated heterocycles. The second kappa shape index (κ2) is 7.53. The molecule has 0 bridgehead atoms. The SMILES string of the molecule is CC(C)(CO)[C@@H](O)C(=O)NCCSc1ccccc1. The Bertz CT molecular complexity index is 395. The summed E-state index contributed by atoms with van der Waals surface area (Å²) in [6.45, 7) is 3.54. The van der Waals surface area contributed by atoms with Crippen molar-refractivity contribution < 1.29 is 15.0 Å². The van der Waals surface area contributed by atoms with Crippen molar-refractivity contribution in [2.24, 2.45) is 5.41 Å². The van der Waals surface area contributed by atoms with E-state index in [4.69, 9.17) is 5.11 Å². The Labute approximate surface area is 118 Å². The van der Waals surface area contributed by atoms with Gasteiger partial charge in [-0.05, 0) is 12.1 Å². The Kier molecular flexibility index (Phi) is 6.34. The maximum absolute atomic E-state index is 11.7. The predicted octanol–water partition coefficient (Wildman–Crippen LogP) is 1.27. The molecule has 3 N–H and O–H groups in total. The molecule has 0 aliphatic heterocycles. The highest BCUT2D eigenvalue weighted by Crippen LogP contribution is 2.20. The lowest BCUT2D eigenvalue weighted by Gasteiger charge is -2.27. The summed E-state index contributed by atoms with van der Waals surface area (Å²) in [4.78, 5) is 12.8. The molecule has 1 amide bonds. The second-order valence-corrected chi connectivity index (χ2v) is 6.17. The summed E-state index contributed by atoms with van der Waals surface area (Å²) in [5, 5.41) is 21.5. The summed E-state index contributed by atoms with van der Waals surface area (Å²) in [5.74, 6) is 0.301. The van der Waals surface area contributed by atoms with Crippen molar-refractivity contribution in [1.82, 2.24) is 5.32 Å². The van der Waals surface area contributed by atoms with Crippen LogP contribution in [0.1, 0.15) is 13.8 Å². The Morgan fingerprint density at radius 3 is 2.58 bits per heavy atom. The number of amides is 1. The zero-order chi connectivity index (χ0) is 14.3. The maximum Gasteiger partial charge on any atom is 0.249 e. The van der Waals surface area contributed by atoms with E-state index in [1.54, 1.807) is 25.6 Å². The normalized spacial score (nSPS) is 13.1. The number of nitrogens with one attached hydrogen (secondary N) is 1. The van der Waals surface area contributed by atoms with Gasteiger partial charge in [0.25, 0.3) is 0 Å². The molecule has 4 nitrogen and oxygen atoms in total. The van der Waals surface area contributed by atoms with E-state index in [2.05, 4.69) is 5.32 Å². The van der Waals surface area contributed by atoms with Gasteiger partial charge >= 0.3 is 0 Å². The lowest BCUT2D eigenvalue weighted by Crippen LogP contribution is -2.46. The monoisotopic (exact) mass is 283 g/mol. The first kappa shape index (κ1) is 16.0. The molecule has 0 unspecified atom stereocenters. The zero-order valence-electron chi connectivity index (χ0n) is 11.3. The Balaban J connectivity index is 2.28. The first-order valence-corrected chi connectivity index (χ1v) is 7.20. The van der Waals surface area contributed by atoms with E-state index < -0.39 is 17.4 Å². The van der Waals surface area contributed by atoms with Crippen LogP contribution in [0.4, 0.5) is 0 Å². The highest BCUT2D eigenvalue weighted by Gasteiger charge is 2.32. The summed E-state index contributed by atoms with van der Waals surface area (Å²) in [6.07, 6.45) is -1.20. The standard InChI is InChI=1S/C14H21NO3S/c1-14(2,10-16)12(17)13(18)15-8-9-19-11-6-4-3-5-7-11/h3-7,12,16-17H,8-10H2,1-2H3,(H,15,18)/t12-/m0/s1. The molecule has 19 heavy (non-hydrogen) atoms. The van der Waals surface area contributed by atoms with Gasteiger partial charge in [0.1, 0.15) is 6.10 Å². The molecule has 0 spiro atoms. The van der Waals surface area contributed by atoms with Crippen molar-refractivity contribution in [2.75, 3.05) is 18.9 Å². The lowest BCUT2D eigenvalue weighted by atomic mass is 9.87. The molecule has 1 atom stereocenters. The van der Waals surface area contributed by atoms with E-state index in [0.29, 0.717) is 6.54 Å². The van der Waals surface area contributed by atoms with Gasteiger partial charge < -0.3 is 15.5 Å². The predicted molar refractivity (Wildman–Crippen MR) is 77.0 cm³/mol. The van der Waals surface area contributed by atoms with Gasteiger partial charge in [-0.1, -0.05) is 32.0 Å². The van der Waals surface area contributed by atoms with E-state index in [9.17, 15) is 9.90 Å². The number of hydrogen-bond acceptors (Lipinski definition) is 4. The molecule has 0 heterocycles. The second-order valence-electron chi connectivity index (χ2n) is 5.00. The van der Waals surface area contributed by atoms with Crippen LogP contribution in [0.25, 0.3) is 0 Å². The van der Waals surface area contributed by atoms with Gasteiger partial charge in [-0.2, -0.15) is 0 Å². The van der Waals surface area contributed by atoms with Crippen molar-refractivity contribution in [1.29, 1.82) is 0 Å². The fourth-order valence-corrected chi connectivity index (χ4v) is 2.19. The van der Waals surface area contributed by atoms with Gasteiger partial charge in [0, 0.05) is 22.6 Å². The minimum Gasteiger partial charge on any atom is -0.396 e. The zero-order valence-corrected chi connectivity index (χ0v) is 12.1. The molecule has 0 saturated carbocycles. The van der Waals surface area contributed by atoms with Crippen LogP contribution in [0.2, 0.25) is 0 Å². The number of benzene rings is 1. The number of aliphatic hydroxyl groups excluding tert-OH is 2.